The zero-order valence-corrected chi connectivity index (χ0v) is 15.7. The molecule has 3 heterocycles. The van der Waals surface area contributed by atoms with Crippen molar-refractivity contribution in [2.45, 2.75) is 63.8 Å². The number of likely N-dealkylation sites (tertiary alicyclic amines) is 1. The fraction of sp³-hybridized carbons (Fsp3) is 0.600. The SMILES string of the molecule is COc1ccc([C@](C)(O)[C@H]2CCCN2Cc2nnc3n2CCCC3)cc1. The molecule has 0 bridgehead atoms. The molecule has 2 atom stereocenters. The first-order valence-electron chi connectivity index (χ1n) is 9.61. The van der Waals surface area contributed by atoms with Crippen LogP contribution in [0.25, 0.3) is 0 Å². The number of hydrogen-bond donors (Lipinski definition) is 1. The molecule has 0 aliphatic carbocycles. The van der Waals surface area contributed by atoms with Crippen LogP contribution in [0.1, 0.15) is 49.8 Å². The summed E-state index contributed by atoms with van der Waals surface area (Å²) in [5.41, 5.74) is 0.0199. The van der Waals surface area contributed by atoms with Crippen LogP contribution in [-0.4, -0.2) is 44.5 Å². The molecule has 140 valence electrons. The molecular formula is C20H28N4O2. The van der Waals surface area contributed by atoms with E-state index >= 15 is 0 Å². The van der Waals surface area contributed by atoms with Crippen LogP contribution >= 0.6 is 0 Å². The van der Waals surface area contributed by atoms with Crippen molar-refractivity contribution in [3.63, 3.8) is 0 Å². The van der Waals surface area contributed by atoms with Crippen LogP contribution in [-0.2, 0) is 25.1 Å². The number of benzene rings is 1. The van der Waals surface area contributed by atoms with Gasteiger partial charge in [-0.15, -0.1) is 10.2 Å². The van der Waals surface area contributed by atoms with Gasteiger partial charge in [0.05, 0.1) is 13.7 Å². The van der Waals surface area contributed by atoms with Crippen LogP contribution in [0.15, 0.2) is 24.3 Å². The molecule has 1 fully saturated rings. The van der Waals surface area contributed by atoms with Crippen molar-refractivity contribution in [1.82, 2.24) is 19.7 Å². The van der Waals surface area contributed by atoms with Crippen molar-refractivity contribution in [3.05, 3.63) is 41.5 Å². The molecule has 0 saturated carbocycles. The van der Waals surface area contributed by atoms with Crippen molar-refractivity contribution in [2.24, 2.45) is 0 Å². The quantitative estimate of drug-likeness (QED) is 0.892. The zero-order valence-electron chi connectivity index (χ0n) is 15.7. The Labute approximate surface area is 154 Å². The summed E-state index contributed by atoms with van der Waals surface area (Å²) in [5.74, 6) is 2.96. The van der Waals surface area contributed by atoms with Gasteiger partial charge in [0.2, 0.25) is 0 Å². The molecule has 6 heteroatoms. The average Bonchev–Trinajstić information content (AvgIpc) is 3.30. The maximum Gasteiger partial charge on any atom is 0.147 e. The fourth-order valence-corrected chi connectivity index (χ4v) is 4.44. The van der Waals surface area contributed by atoms with E-state index in [1.54, 1.807) is 7.11 Å². The number of aromatic nitrogens is 3. The number of aryl methyl sites for hydroxylation is 1. The molecule has 0 amide bonds. The van der Waals surface area contributed by atoms with E-state index in [1.807, 2.05) is 31.2 Å². The number of aliphatic hydroxyl groups is 1. The van der Waals surface area contributed by atoms with Crippen LogP contribution in [0.4, 0.5) is 0 Å². The summed E-state index contributed by atoms with van der Waals surface area (Å²) in [5, 5.41) is 20.2. The molecule has 0 unspecified atom stereocenters. The third-order valence-corrected chi connectivity index (χ3v) is 5.97. The molecule has 1 aromatic carbocycles. The van der Waals surface area contributed by atoms with Gasteiger partial charge in [-0.05, 0) is 56.8 Å². The Morgan fingerprint density at radius 3 is 2.73 bits per heavy atom. The number of hydrogen-bond acceptors (Lipinski definition) is 5. The second kappa shape index (κ2) is 7.00. The van der Waals surface area contributed by atoms with Gasteiger partial charge in [-0.2, -0.15) is 0 Å². The van der Waals surface area contributed by atoms with E-state index in [2.05, 4.69) is 19.7 Å². The summed E-state index contributed by atoms with van der Waals surface area (Å²) < 4.78 is 7.52. The lowest BCUT2D eigenvalue weighted by Gasteiger charge is -2.37. The number of ether oxygens (including phenoxy) is 1. The van der Waals surface area contributed by atoms with Gasteiger partial charge in [0.25, 0.3) is 0 Å². The standard InChI is InChI=1S/C20H28N4O2/c1-20(25,15-8-10-16(26-2)11-9-15)17-6-5-12-23(17)14-19-22-21-18-7-3-4-13-24(18)19/h8-11,17,25H,3-7,12-14H2,1-2H3/t17-,20+/m1/s1. The summed E-state index contributed by atoms with van der Waals surface area (Å²) in [6, 6.07) is 7.84. The summed E-state index contributed by atoms with van der Waals surface area (Å²) in [6.07, 6.45) is 5.51. The zero-order chi connectivity index (χ0) is 18.1. The lowest BCUT2D eigenvalue weighted by atomic mass is 9.86. The van der Waals surface area contributed by atoms with Crippen LogP contribution in [0.3, 0.4) is 0 Å². The van der Waals surface area contributed by atoms with Gasteiger partial charge in [-0.25, -0.2) is 0 Å². The van der Waals surface area contributed by atoms with Gasteiger partial charge < -0.3 is 14.4 Å². The number of methoxy groups -OCH3 is 1. The average molecular weight is 356 g/mol. The lowest BCUT2D eigenvalue weighted by Crippen LogP contribution is -2.45. The molecule has 6 nitrogen and oxygen atoms in total. The number of fused-ring (bicyclic) bond motifs is 1. The Bertz CT molecular complexity index is 754. The topological polar surface area (TPSA) is 63.4 Å². The molecule has 2 aromatic rings. The van der Waals surface area contributed by atoms with Gasteiger partial charge in [0, 0.05) is 19.0 Å². The van der Waals surface area contributed by atoms with Crippen molar-refractivity contribution in [1.29, 1.82) is 0 Å². The van der Waals surface area contributed by atoms with Crippen molar-refractivity contribution in [3.8, 4) is 5.75 Å². The van der Waals surface area contributed by atoms with Gasteiger partial charge in [0.1, 0.15) is 23.0 Å². The van der Waals surface area contributed by atoms with Crippen LogP contribution in [0.5, 0.6) is 5.75 Å². The maximum atomic E-state index is 11.4. The molecule has 0 radical (unpaired) electrons. The molecule has 1 aromatic heterocycles. The highest BCUT2D eigenvalue weighted by Crippen LogP contribution is 2.36. The minimum absolute atomic E-state index is 0.0763. The van der Waals surface area contributed by atoms with Crippen molar-refractivity contribution >= 4 is 0 Å². The number of rotatable bonds is 5. The first-order valence-corrected chi connectivity index (χ1v) is 9.61. The van der Waals surface area contributed by atoms with Gasteiger partial charge >= 0.3 is 0 Å². The Morgan fingerprint density at radius 2 is 1.96 bits per heavy atom. The largest absolute Gasteiger partial charge is 0.497 e. The number of nitrogens with zero attached hydrogens (tertiary/aromatic N) is 4. The van der Waals surface area contributed by atoms with Gasteiger partial charge in [0.15, 0.2) is 0 Å². The van der Waals surface area contributed by atoms with Gasteiger partial charge in [-0.3, -0.25) is 4.90 Å². The van der Waals surface area contributed by atoms with Crippen LogP contribution < -0.4 is 4.74 Å². The molecule has 0 spiro atoms. The predicted molar refractivity (Wildman–Crippen MR) is 99.0 cm³/mol. The molecule has 1 saturated heterocycles. The highest BCUT2D eigenvalue weighted by Gasteiger charge is 2.41. The summed E-state index contributed by atoms with van der Waals surface area (Å²) in [7, 11) is 1.66. The molecule has 2 aliphatic rings. The monoisotopic (exact) mass is 356 g/mol. The van der Waals surface area contributed by atoms with Crippen molar-refractivity contribution in [2.75, 3.05) is 13.7 Å². The molecule has 4 rings (SSSR count). The third-order valence-electron chi connectivity index (χ3n) is 5.97. The Hall–Kier alpha value is -1.92. The van der Waals surface area contributed by atoms with E-state index in [0.29, 0.717) is 0 Å². The van der Waals surface area contributed by atoms with Crippen LogP contribution in [0.2, 0.25) is 0 Å². The van der Waals surface area contributed by atoms with E-state index in [9.17, 15) is 5.11 Å². The molecular weight excluding hydrogens is 328 g/mol. The predicted octanol–water partition coefficient (Wildman–Crippen LogP) is 2.50. The smallest absolute Gasteiger partial charge is 0.147 e. The van der Waals surface area contributed by atoms with E-state index in [-0.39, 0.29) is 6.04 Å². The first-order chi connectivity index (χ1) is 12.6. The molecule has 26 heavy (non-hydrogen) atoms. The highest BCUT2D eigenvalue weighted by atomic mass is 16.5. The summed E-state index contributed by atoms with van der Waals surface area (Å²) in [6.45, 7) is 4.69. The minimum Gasteiger partial charge on any atom is -0.497 e. The summed E-state index contributed by atoms with van der Waals surface area (Å²) >= 11 is 0. The minimum atomic E-state index is -0.909. The first kappa shape index (κ1) is 17.5. The maximum absolute atomic E-state index is 11.4. The summed E-state index contributed by atoms with van der Waals surface area (Å²) in [4.78, 5) is 2.37. The Kier molecular flexibility index (Phi) is 4.71. The van der Waals surface area contributed by atoms with Crippen LogP contribution in [0, 0.1) is 0 Å². The van der Waals surface area contributed by atoms with E-state index in [0.717, 1.165) is 61.9 Å². The fourth-order valence-electron chi connectivity index (χ4n) is 4.44. The second-order valence-electron chi connectivity index (χ2n) is 7.65. The third kappa shape index (κ3) is 3.12. The van der Waals surface area contributed by atoms with E-state index in [4.69, 9.17) is 4.74 Å². The normalized spacial score (nSPS) is 22.8. The lowest BCUT2D eigenvalue weighted by molar-refractivity contribution is -0.0264. The molecule has 1 N–H and O–H groups in total. The van der Waals surface area contributed by atoms with E-state index in [1.165, 1.54) is 12.8 Å². The Morgan fingerprint density at radius 1 is 1.15 bits per heavy atom. The van der Waals surface area contributed by atoms with Crippen molar-refractivity contribution < 1.29 is 9.84 Å². The second-order valence-corrected chi connectivity index (χ2v) is 7.65. The van der Waals surface area contributed by atoms with Gasteiger partial charge in [-0.1, -0.05) is 12.1 Å². The highest BCUT2D eigenvalue weighted by molar-refractivity contribution is 5.31. The Balaban J connectivity index is 1.54. The molecule has 2 aliphatic heterocycles. The van der Waals surface area contributed by atoms with E-state index < -0.39 is 5.60 Å².